The van der Waals surface area contributed by atoms with E-state index in [4.69, 9.17) is 9.47 Å². The molecule has 0 unspecified atom stereocenters. The average molecular weight is 411 g/mol. The summed E-state index contributed by atoms with van der Waals surface area (Å²) >= 11 is 0. The minimum atomic E-state index is -1.25. The Balaban J connectivity index is 1.51. The van der Waals surface area contributed by atoms with Crippen LogP contribution in [0.25, 0.3) is 0 Å². The highest BCUT2D eigenvalue weighted by Crippen LogP contribution is 2.36. The fourth-order valence-electron chi connectivity index (χ4n) is 3.88. The standard InChI is InChI=1S/C24H29NO5/c26-20-13-24(23(28)25-19-11-12-19,30-16-18-9-5-2-6-10-18)14-21(22(20)27)29-15-17-7-3-1-4-8-17/h1-10,19-22,26-27H,11-16H2,(H,25,28)/t20-,21+,22-,24+/m1/s1. The van der Waals surface area contributed by atoms with E-state index in [9.17, 15) is 15.0 Å². The van der Waals surface area contributed by atoms with Crippen molar-refractivity contribution in [2.24, 2.45) is 0 Å². The number of ether oxygens (including phenoxy) is 2. The van der Waals surface area contributed by atoms with Crippen LogP contribution in [-0.2, 0) is 27.5 Å². The summed E-state index contributed by atoms with van der Waals surface area (Å²) in [6.07, 6.45) is -0.765. The van der Waals surface area contributed by atoms with Crippen LogP contribution in [0.3, 0.4) is 0 Å². The van der Waals surface area contributed by atoms with Gasteiger partial charge in [-0.15, -0.1) is 0 Å². The Labute approximate surface area is 176 Å². The molecule has 2 aliphatic rings. The number of aliphatic hydroxyl groups excluding tert-OH is 2. The summed E-state index contributed by atoms with van der Waals surface area (Å²) in [7, 11) is 0. The first-order valence-electron chi connectivity index (χ1n) is 10.6. The first-order valence-corrected chi connectivity index (χ1v) is 10.6. The van der Waals surface area contributed by atoms with Crippen LogP contribution in [-0.4, -0.2) is 46.1 Å². The van der Waals surface area contributed by atoms with Gasteiger partial charge in [0.15, 0.2) is 5.60 Å². The topological polar surface area (TPSA) is 88.0 Å². The second-order valence-corrected chi connectivity index (χ2v) is 8.32. The van der Waals surface area contributed by atoms with Gasteiger partial charge in [0.1, 0.15) is 6.10 Å². The molecular weight excluding hydrogens is 382 g/mol. The number of hydrogen-bond acceptors (Lipinski definition) is 5. The van der Waals surface area contributed by atoms with Crippen LogP contribution in [0.4, 0.5) is 0 Å². The maximum atomic E-state index is 13.2. The minimum absolute atomic E-state index is 0.0325. The molecule has 0 heterocycles. The molecule has 0 saturated heterocycles. The van der Waals surface area contributed by atoms with Gasteiger partial charge in [0.2, 0.25) is 0 Å². The van der Waals surface area contributed by atoms with Crippen molar-refractivity contribution in [2.45, 2.75) is 68.9 Å². The second-order valence-electron chi connectivity index (χ2n) is 8.32. The molecule has 0 spiro atoms. The lowest BCUT2D eigenvalue weighted by Gasteiger charge is -2.44. The summed E-state index contributed by atoms with van der Waals surface area (Å²) in [6.45, 7) is 0.529. The molecular formula is C24H29NO5. The monoisotopic (exact) mass is 411 g/mol. The maximum absolute atomic E-state index is 13.2. The highest BCUT2D eigenvalue weighted by molar-refractivity contribution is 5.86. The molecule has 6 heteroatoms. The molecule has 1 amide bonds. The van der Waals surface area contributed by atoms with Gasteiger partial charge in [-0.25, -0.2) is 0 Å². The zero-order chi connectivity index (χ0) is 21.0. The van der Waals surface area contributed by atoms with Crippen LogP contribution in [0.5, 0.6) is 0 Å². The van der Waals surface area contributed by atoms with Gasteiger partial charge in [-0.2, -0.15) is 0 Å². The first kappa shape index (κ1) is 21.0. The number of rotatable bonds is 8. The van der Waals surface area contributed by atoms with Gasteiger partial charge in [0.05, 0.1) is 25.4 Å². The molecule has 3 N–H and O–H groups in total. The van der Waals surface area contributed by atoms with Crippen molar-refractivity contribution in [2.75, 3.05) is 0 Å². The summed E-state index contributed by atoms with van der Waals surface area (Å²) in [5, 5.41) is 24.2. The number of nitrogens with one attached hydrogen (secondary N) is 1. The fourth-order valence-corrected chi connectivity index (χ4v) is 3.88. The Morgan fingerprint density at radius 3 is 2.13 bits per heavy atom. The van der Waals surface area contributed by atoms with Crippen LogP contribution >= 0.6 is 0 Å². The van der Waals surface area contributed by atoms with Crippen LogP contribution in [0, 0.1) is 0 Å². The molecule has 2 aliphatic carbocycles. The molecule has 0 bridgehead atoms. The first-order chi connectivity index (χ1) is 14.6. The lowest BCUT2D eigenvalue weighted by Crippen LogP contribution is -2.60. The number of hydrogen-bond donors (Lipinski definition) is 3. The van der Waals surface area contributed by atoms with E-state index in [1.54, 1.807) is 0 Å². The number of carbonyl (C=O) groups excluding carboxylic acids is 1. The third-order valence-corrected chi connectivity index (χ3v) is 5.84. The summed E-state index contributed by atoms with van der Waals surface area (Å²) in [5.74, 6) is -0.236. The Kier molecular flexibility index (Phi) is 6.49. The molecule has 4 rings (SSSR count). The van der Waals surface area contributed by atoms with Crippen molar-refractivity contribution in [3.8, 4) is 0 Å². The smallest absolute Gasteiger partial charge is 0.252 e. The molecule has 0 aromatic heterocycles. The van der Waals surface area contributed by atoms with Crippen LogP contribution in [0.15, 0.2) is 60.7 Å². The Morgan fingerprint density at radius 1 is 0.933 bits per heavy atom. The molecule has 2 fully saturated rings. The summed E-state index contributed by atoms with van der Waals surface area (Å²) in [6, 6.07) is 19.4. The number of carbonyl (C=O) groups is 1. The molecule has 2 aromatic carbocycles. The molecule has 6 nitrogen and oxygen atoms in total. The summed E-state index contributed by atoms with van der Waals surface area (Å²) in [4.78, 5) is 13.2. The zero-order valence-corrected chi connectivity index (χ0v) is 16.9. The summed E-state index contributed by atoms with van der Waals surface area (Å²) < 4.78 is 12.1. The number of amides is 1. The summed E-state index contributed by atoms with van der Waals surface area (Å²) in [5.41, 5.74) is 0.653. The van der Waals surface area contributed by atoms with Gasteiger partial charge in [0, 0.05) is 18.9 Å². The largest absolute Gasteiger partial charge is 0.390 e. The zero-order valence-electron chi connectivity index (χ0n) is 16.9. The van der Waals surface area contributed by atoms with Crippen LogP contribution < -0.4 is 5.32 Å². The van der Waals surface area contributed by atoms with Gasteiger partial charge in [-0.1, -0.05) is 60.7 Å². The molecule has 0 aliphatic heterocycles. The Bertz CT molecular complexity index is 826. The third-order valence-electron chi connectivity index (χ3n) is 5.84. The Hall–Kier alpha value is -2.25. The lowest BCUT2D eigenvalue weighted by molar-refractivity contribution is -0.200. The van der Waals surface area contributed by atoms with Gasteiger partial charge in [-0.05, 0) is 24.0 Å². The molecule has 0 radical (unpaired) electrons. The highest BCUT2D eigenvalue weighted by atomic mass is 16.5. The predicted octanol–water partition coefficient (Wildman–Crippen LogP) is 2.32. The van der Waals surface area contributed by atoms with E-state index < -0.39 is 23.9 Å². The molecule has 30 heavy (non-hydrogen) atoms. The molecule has 2 saturated carbocycles. The van der Waals surface area contributed by atoms with Crippen molar-refractivity contribution < 1.29 is 24.5 Å². The van der Waals surface area contributed by atoms with Crippen molar-refractivity contribution in [1.29, 1.82) is 0 Å². The predicted molar refractivity (Wildman–Crippen MR) is 111 cm³/mol. The Morgan fingerprint density at radius 2 is 1.53 bits per heavy atom. The molecule has 2 aromatic rings. The van der Waals surface area contributed by atoms with E-state index in [1.165, 1.54) is 0 Å². The van der Waals surface area contributed by atoms with Gasteiger partial charge >= 0.3 is 0 Å². The lowest BCUT2D eigenvalue weighted by atomic mass is 9.78. The highest BCUT2D eigenvalue weighted by Gasteiger charge is 2.52. The van der Waals surface area contributed by atoms with Crippen molar-refractivity contribution in [3.63, 3.8) is 0 Å². The van der Waals surface area contributed by atoms with E-state index in [1.807, 2.05) is 60.7 Å². The van der Waals surface area contributed by atoms with Crippen molar-refractivity contribution in [3.05, 3.63) is 71.8 Å². The maximum Gasteiger partial charge on any atom is 0.252 e. The van der Waals surface area contributed by atoms with Gasteiger partial charge in [-0.3, -0.25) is 4.79 Å². The number of aliphatic hydroxyl groups is 2. The van der Waals surface area contributed by atoms with Crippen molar-refractivity contribution >= 4 is 5.91 Å². The van der Waals surface area contributed by atoms with E-state index in [2.05, 4.69) is 5.32 Å². The second kappa shape index (κ2) is 9.27. The van der Waals surface area contributed by atoms with E-state index >= 15 is 0 Å². The average Bonchev–Trinajstić information content (AvgIpc) is 3.59. The van der Waals surface area contributed by atoms with Gasteiger partial charge < -0.3 is 25.0 Å². The van der Waals surface area contributed by atoms with Crippen LogP contribution in [0.2, 0.25) is 0 Å². The normalized spacial score (nSPS) is 28.8. The van der Waals surface area contributed by atoms with Crippen LogP contribution in [0.1, 0.15) is 36.8 Å². The fraction of sp³-hybridized carbons (Fsp3) is 0.458. The van der Waals surface area contributed by atoms with E-state index in [0.29, 0.717) is 0 Å². The number of benzene rings is 2. The SMILES string of the molecule is O=C(NC1CC1)[C@]1(OCc2ccccc2)C[C@@H](O)[C@@H](O)[C@@H](OCc2ccccc2)C1. The third kappa shape index (κ3) is 5.08. The quantitative estimate of drug-likeness (QED) is 0.621. The van der Waals surface area contributed by atoms with E-state index in [-0.39, 0.29) is 38.0 Å². The van der Waals surface area contributed by atoms with Crippen molar-refractivity contribution in [1.82, 2.24) is 5.32 Å². The van der Waals surface area contributed by atoms with E-state index in [0.717, 1.165) is 24.0 Å². The minimum Gasteiger partial charge on any atom is -0.390 e. The van der Waals surface area contributed by atoms with Gasteiger partial charge in [0.25, 0.3) is 5.91 Å². The molecule has 4 atom stereocenters. The molecule has 160 valence electrons.